The van der Waals surface area contributed by atoms with E-state index in [1.807, 2.05) is 42.7 Å². The number of carbonyl (C=O) groups excluding carboxylic acids is 1. The van der Waals surface area contributed by atoms with Crippen molar-refractivity contribution in [1.29, 1.82) is 0 Å². The predicted octanol–water partition coefficient (Wildman–Crippen LogP) is 3.01. The van der Waals surface area contributed by atoms with Gasteiger partial charge in [-0.2, -0.15) is 0 Å². The molecule has 0 fully saturated rings. The monoisotopic (exact) mass is 291 g/mol. The number of carboxylic acids is 1. The summed E-state index contributed by atoms with van der Waals surface area (Å²) >= 11 is 1.59. The van der Waals surface area contributed by atoms with Gasteiger partial charge in [0.1, 0.15) is 0 Å². The van der Waals surface area contributed by atoms with Crippen molar-refractivity contribution in [2.75, 3.05) is 11.6 Å². The Balaban J connectivity index is 2.10. The van der Waals surface area contributed by atoms with E-state index in [2.05, 4.69) is 5.32 Å². The summed E-state index contributed by atoms with van der Waals surface area (Å²) in [4.78, 5) is 24.5. The van der Waals surface area contributed by atoms with Crippen LogP contribution in [0.25, 0.3) is 0 Å². The van der Waals surface area contributed by atoms with Crippen molar-refractivity contribution in [3.05, 3.63) is 36.4 Å². The molecule has 4 nitrogen and oxygen atoms in total. The molecule has 2 rings (SSSR count). The van der Waals surface area contributed by atoms with E-state index in [1.54, 1.807) is 11.8 Å². The molecule has 0 aromatic heterocycles. The van der Waals surface area contributed by atoms with E-state index in [9.17, 15) is 14.7 Å². The van der Waals surface area contributed by atoms with Gasteiger partial charge in [-0.3, -0.25) is 9.59 Å². The van der Waals surface area contributed by atoms with E-state index in [1.165, 1.54) is 0 Å². The number of aliphatic carboxylic acids is 1. The molecule has 0 saturated carbocycles. The summed E-state index contributed by atoms with van der Waals surface area (Å²) in [6.45, 7) is 0. The Morgan fingerprint density at radius 2 is 1.95 bits per heavy atom. The van der Waals surface area contributed by atoms with Crippen molar-refractivity contribution in [3.63, 3.8) is 0 Å². The van der Waals surface area contributed by atoms with Crippen LogP contribution >= 0.6 is 11.8 Å². The van der Waals surface area contributed by atoms with Gasteiger partial charge in [0.2, 0.25) is 5.91 Å². The van der Waals surface area contributed by atoms with E-state index in [0.717, 1.165) is 4.90 Å². The SMILES string of the molecule is CSc1cccc(NC(=O)[C@H]2CC=CC[C@@H]2C(=O)O)c1. The Hall–Kier alpha value is -1.75. The minimum absolute atomic E-state index is 0.222. The van der Waals surface area contributed by atoms with Crippen LogP contribution < -0.4 is 5.32 Å². The van der Waals surface area contributed by atoms with Gasteiger partial charge in [0.15, 0.2) is 0 Å². The lowest BCUT2D eigenvalue weighted by molar-refractivity contribution is -0.146. The number of carboxylic acid groups (broad SMARTS) is 1. The van der Waals surface area contributed by atoms with Gasteiger partial charge in [-0.05, 0) is 37.3 Å². The molecule has 0 radical (unpaired) electrons. The van der Waals surface area contributed by atoms with Gasteiger partial charge < -0.3 is 10.4 Å². The Kier molecular flexibility index (Phi) is 4.84. The third kappa shape index (κ3) is 3.42. The highest BCUT2D eigenvalue weighted by molar-refractivity contribution is 7.98. The van der Waals surface area contributed by atoms with E-state index < -0.39 is 17.8 Å². The van der Waals surface area contributed by atoms with Gasteiger partial charge in [-0.15, -0.1) is 11.8 Å². The largest absolute Gasteiger partial charge is 0.481 e. The molecule has 1 aromatic rings. The van der Waals surface area contributed by atoms with Crippen LogP contribution in [0.1, 0.15) is 12.8 Å². The number of hydrogen-bond acceptors (Lipinski definition) is 3. The Labute approximate surface area is 122 Å². The fraction of sp³-hybridized carbons (Fsp3) is 0.333. The zero-order valence-electron chi connectivity index (χ0n) is 11.2. The van der Waals surface area contributed by atoms with Gasteiger partial charge in [-0.1, -0.05) is 18.2 Å². The van der Waals surface area contributed by atoms with Crippen molar-refractivity contribution in [1.82, 2.24) is 0 Å². The summed E-state index contributed by atoms with van der Waals surface area (Å²) in [5.74, 6) is -2.27. The number of rotatable bonds is 4. The standard InChI is InChI=1S/C15H17NO3S/c1-20-11-6-4-5-10(9-11)16-14(17)12-7-2-3-8-13(12)15(18)19/h2-6,9,12-13H,7-8H2,1H3,(H,16,17)(H,18,19)/t12-,13-/m0/s1. The third-order valence-corrected chi connectivity index (χ3v) is 4.15. The first-order chi connectivity index (χ1) is 9.61. The molecule has 1 aromatic carbocycles. The molecule has 2 atom stereocenters. The van der Waals surface area contributed by atoms with E-state index in [-0.39, 0.29) is 5.91 Å². The number of anilines is 1. The van der Waals surface area contributed by atoms with E-state index in [4.69, 9.17) is 0 Å². The molecule has 1 amide bonds. The number of allylic oxidation sites excluding steroid dienone is 2. The third-order valence-electron chi connectivity index (χ3n) is 3.42. The molecular formula is C15H17NO3S. The summed E-state index contributed by atoms with van der Waals surface area (Å²) < 4.78 is 0. The molecule has 1 aliphatic carbocycles. The minimum Gasteiger partial charge on any atom is -0.481 e. The first-order valence-electron chi connectivity index (χ1n) is 6.44. The normalized spacial score (nSPS) is 21.4. The van der Waals surface area contributed by atoms with Crippen molar-refractivity contribution in [2.45, 2.75) is 17.7 Å². The summed E-state index contributed by atoms with van der Waals surface area (Å²) in [6, 6.07) is 7.53. The zero-order valence-corrected chi connectivity index (χ0v) is 12.0. The number of benzene rings is 1. The molecule has 0 spiro atoms. The van der Waals surface area contributed by atoms with Crippen molar-refractivity contribution < 1.29 is 14.7 Å². The number of nitrogens with one attached hydrogen (secondary N) is 1. The number of amides is 1. The second-order valence-electron chi connectivity index (χ2n) is 4.72. The van der Waals surface area contributed by atoms with Crippen LogP contribution in [0.2, 0.25) is 0 Å². The van der Waals surface area contributed by atoms with Crippen LogP contribution in [0.5, 0.6) is 0 Å². The quantitative estimate of drug-likeness (QED) is 0.661. The molecular weight excluding hydrogens is 274 g/mol. The molecule has 0 heterocycles. The summed E-state index contributed by atoms with van der Waals surface area (Å²) in [6.07, 6.45) is 6.57. The zero-order chi connectivity index (χ0) is 14.5. The Morgan fingerprint density at radius 1 is 1.25 bits per heavy atom. The first kappa shape index (κ1) is 14.7. The molecule has 0 aliphatic heterocycles. The number of thioether (sulfide) groups is 1. The van der Waals surface area contributed by atoms with Crippen LogP contribution in [-0.2, 0) is 9.59 Å². The molecule has 0 unspecified atom stereocenters. The second kappa shape index (κ2) is 6.61. The maximum absolute atomic E-state index is 12.3. The number of carbonyl (C=O) groups is 2. The lowest BCUT2D eigenvalue weighted by Gasteiger charge is -2.24. The summed E-state index contributed by atoms with van der Waals surface area (Å²) in [5, 5.41) is 12.0. The van der Waals surface area contributed by atoms with Gasteiger partial charge in [-0.25, -0.2) is 0 Å². The lowest BCUT2D eigenvalue weighted by Crippen LogP contribution is -2.34. The molecule has 2 N–H and O–H groups in total. The smallest absolute Gasteiger partial charge is 0.307 e. The fourth-order valence-corrected chi connectivity index (χ4v) is 2.77. The molecule has 0 bridgehead atoms. The first-order valence-corrected chi connectivity index (χ1v) is 7.67. The Morgan fingerprint density at radius 3 is 2.60 bits per heavy atom. The second-order valence-corrected chi connectivity index (χ2v) is 5.59. The van der Waals surface area contributed by atoms with Gasteiger partial charge in [0.05, 0.1) is 11.8 Å². The molecule has 106 valence electrons. The molecule has 5 heteroatoms. The summed E-state index contributed by atoms with van der Waals surface area (Å²) in [7, 11) is 0. The minimum atomic E-state index is -0.910. The van der Waals surface area contributed by atoms with Crippen LogP contribution in [0.15, 0.2) is 41.3 Å². The highest BCUT2D eigenvalue weighted by atomic mass is 32.2. The molecule has 0 saturated heterocycles. The maximum atomic E-state index is 12.3. The maximum Gasteiger partial charge on any atom is 0.307 e. The lowest BCUT2D eigenvalue weighted by atomic mass is 9.82. The Bertz CT molecular complexity index is 542. The van der Waals surface area contributed by atoms with E-state index in [0.29, 0.717) is 18.5 Å². The van der Waals surface area contributed by atoms with Gasteiger partial charge in [0.25, 0.3) is 0 Å². The van der Waals surface area contributed by atoms with Crippen LogP contribution in [0.4, 0.5) is 5.69 Å². The van der Waals surface area contributed by atoms with E-state index >= 15 is 0 Å². The predicted molar refractivity (Wildman–Crippen MR) is 79.8 cm³/mol. The van der Waals surface area contributed by atoms with Crippen molar-refractivity contribution in [2.24, 2.45) is 11.8 Å². The van der Waals surface area contributed by atoms with Gasteiger partial charge >= 0.3 is 5.97 Å². The molecule has 20 heavy (non-hydrogen) atoms. The average molecular weight is 291 g/mol. The summed E-state index contributed by atoms with van der Waals surface area (Å²) in [5.41, 5.74) is 0.709. The van der Waals surface area contributed by atoms with Gasteiger partial charge in [0, 0.05) is 10.6 Å². The van der Waals surface area contributed by atoms with Crippen molar-refractivity contribution >= 4 is 29.3 Å². The van der Waals surface area contributed by atoms with Crippen LogP contribution in [-0.4, -0.2) is 23.2 Å². The average Bonchev–Trinajstić information content (AvgIpc) is 2.47. The van der Waals surface area contributed by atoms with Crippen molar-refractivity contribution in [3.8, 4) is 0 Å². The fourth-order valence-electron chi connectivity index (χ4n) is 2.31. The topological polar surface area (TPSA) is 66.4 Å². The number of hydrogen-bond donors (Lipinski definition) is 2. The molecule has 1 aliphatic rings. The van der Waals surface area contributed by atoms with Crippen LogP contribution in [0, 0.1) is 11.8 Å². The highest BCUT2D eigenvalue weighted by Crippen LogP contribution is 2.27. The van der Waals surface area contributed by atoms with Crippen LogP contribution in [0.3, 0.4) is 0 Å². The highest BCUT2D eigenvalue weighted by Gasteiger charge is 2.33.